The van der Waals surface area contributed by atoms with Crippen molar-refractivity contribution in [1.82, 2.24) is 25.8 Å². The highest BCUT2D eigenvalue weighted by Gasteiger charge is 2.13. The van der Waals surface area contributed by atoms with Crippen LogP contribution in [-0.2, 0) is 25.9 Å². The van der Waals surface area contributed by atoms with Gasteiger partial charge in [0.25, 0.3) is 5.56 Å². The Morgan fingerprint density at radius 2 is 1.83 bits per heavy atom. The summed E-state index contributed by atoms with van der Waals surface area (Å²) in [4.78, 5) is 29.4. The number of amides is 2. The number of thiazole rings is 1. The summed E-state index contributed by atoms with van der Waals surface area (Å²) < 4.78 is 0. The Morgan fingerprint density at radius 1 is 1.12 bits per heavy atom. The van der Waals surface area contributed by atoms with Crippen LogP contribution in [0, 0.1) is 13.8 Å². The van der Waals surface area contributed by atoms with Crippen LogP contribution in [0.2, 0.25) is 0 Å². The van der Waals surface area contributed by atoms with E-state index in [1.54, 1.807) is 11.3 Å². The molecule has 0 spiro atoms. The molecule has 0 aliphatic rings. The molecule has 0 bridgehead atoms. The van der Waals surface area contributed by atoms with Gasteiger partial charge in [-0.25, -0.2) is 14.9 Å². The minimum Gasteiger partial charge on any atom is -0.334 e. The van der Waals surface area contributed by atoms with Crippen molar-refractivity contribution in [2.24, 2.45) is 0 Å². The number of carbonyl (C=O) groups is 1. The monoisotopic (exact) mass is 349 g/mol. The number of rotatable bonds is 6. The maximum atomic E-state index is 12.0. The van der Waals surface area contributed by atoms with E-state index in [9.17, 15) is 9.59 Å². The number of carbonyl (C=O) groups excluding carboxylic acids is 1. The molecule has 130 valence electrons. The number of nitrogens with one attached hydrogen (secondary N) is 3. The number of aromatic amines is 1. The summed E-state index contributed by atoms with van der Waals surface area (Å²) in [5, 5.41) is 13.1. The van der Waals surface area contributed by atoms with Gasteiger partial charge in [0.05, 0.1) is 29.5 Å². The fraction of sp³-hybridized carbons (Fsp3) is 0.500. The molecule has 0 saturated carbocycles. The van der Waals surface area contributed by atoms with Gasteiger partial charge < -0.3 is 10.6 Å². The molecule has 0 radical (unpaired) electrons. The van der Waals surface area contributed by atoms with Crippen molar-refractivity contribution < 1.29 is 4.79 Å². The van der Waals surface area contributed by atoms with Gasteiger partial charge in [-0.3, -0.25) is 4.79 Å². The molecule has 2 aromatic rings. The van der Waals surface area contributed by atoms with Crippen LogP contribution in [0.1, 0.15) is 46.2 Å². The predicted octanol–water partition coefficient (Wildman–Crippen LogP) is 1.97. The van der Waals surface area contributed by atoms with Crippen molar-refractivity contribution in [3.8, 4) is 0 Å². The Bertz CT molecular complexity index is 781. The van der Waals surface area contributed by atoms with Gasteiger partial charge in [-0.15, -0.1) is 11.3 Å². The highest BCUT2D eigenvalue weighted by atomic mass is 32.1. The van der Waals surface area contributed by atoms with Crippen LogP contribution in [-0.4, -0.2) is 21.2 Å². The third-order valence-electron chi connectivity index (χ3n) is 3.80. The van der Waals surface area contributed by atoms with Crippen molar-refractivity contribution in [3.05, 3.63) is 42.8 Å². The topological polar surface area (TPSA) is 99.8 Å². The molecule has 2 heterocycles. The highest BCUT2D eigenvalue weighted by Crippen LogP contribution is 2.16. The third kappa shape index (κ3) is 4.19. The average Bonchev–Trinajstić information content (AvgIpc) is 2.88. The fourth-order valence-corrected chi connectivity index (χ4v) is 3.47. The van der Waals surface area contributed by atoms with Gasteiger partial charge in [-0.05, 0) is 32.3 Å². The van der Waals surface area contributed by atoms with Crippen molar-refractivity contribution in [2.45, 2.75) is 53.6 Å². The van der Waals surface area contributed by atoms with Crippen molar-refractivity contribution in [3.63, 3.8) is 0 Å². The third-order valence-corrected chi connectivity index (χ3v) is 4.88. The van der Waals surface area contributed by atoms with E-state index >= 15 is 0 Å². The van der Waals surface area contributed by atoms with Gasteiger partial charge in [0.1, 0.15) is 0 Å². The second-order valence-corrected chi connectivity index (χ2v) is 6.73. The zero-order chi connectivity index (χ0) is 17.7. The minimum absolute atomic E-state index is 0.181. The van der Waals surface area contributed by atoms with E-state index < -0.39 is 0 Å². The number of aryl methyl sites for hydroxylation is 3. The van der Waals surface area contributed by atoms with Gasteiger partial charge in [-0.2, -0.15) is 5.10 Å². The molecule has 0 aliphatic carbocycles. The lowest BCUT2D eigenvalue weighted by atomic mass is 10.0. The standard InChI is InChI=1S/C16H23N5O2S/c1-5-11-12(15(22)21-20-13(11)6-2)7-17-16(23)18-8-14-9(3)19-10(4)24-14/h5-8H2,1-4H3,(H,21,22)(H2,17,18,23). The SMILES string of the molecule is CCc1n[nH]c(=O)c(CNC(=O)NCc2sc(C)nc2C)c1CC. The Hall–Kier alpha value is -2.22. The predicted molar refractivity (Wildman–Crippen MR) is 94.3 cm³/mol. The first-order chi connectivity index (χ1) is 11.5. The van der Waals surface area contributed by atoms with E-state index in [0.29, 0.717) is 18.5 Å². The average molecular weight is 349 g/mol. The van der Waals surface area contributed by atoms with E-state index in [-0.39, 0.29) is 18.1 Å². The minimum atomic E-state index is -0.309. The Kier molecular flexibility index (Phi) is 6.08. The maximum Gasteiger partial charge on any atom is 0.315 e. The molecule has 8 heteroatoms. The molecular formula is C16H23N5O2S. The van der Waals surface area contributed by atoms with E-state index in [2.05, 4.69) is 25.8 Å². The zero-order valence-electron chi connectivity index (χ0n) is 14.4. The van der Waals surface area contributed by atoms with Gasteiger partial charge in [-0.1, -0.05) is 13.8 Å². The normalized spacial score (nSPS) is 10.7. The number of aromatic nitrogens is 3. The fourth-order valence-electron chi connectivity index (χ4n) is 2.59. The van der Waals surface area contributed by atoms with Crippen molar-refractivity contribution in [2.75, 3.05) is 0 Å². The molecule has 0 saturated heterocycles. The molecule has 0 fully saturated rings. The lowest BCUT2D eigenvalue weighted by molar-refractivity contribution is 0.240. The Morgan fingerprint density at radius 3 is 2.42 bits per heavy atom. The second kappa shape index (κ2) is 8.05. The van der Waals surface area contributed by atoms with Crippen LogP contribution in [0.5, 0.6) is 0 Å². The lowest BCUT2D eigenvalue weighted by Gasteiger charge is -2.12. The number of nitrogens with zero attached hydrogens (tertiary/aromatic N) is 2. The smallest absolute Gasteiger partial charge is 0.315 e. The van der Waals surface area contributed by atoms with Gasteiger partial charge in [0.2, 0.25) is 0 Å². The molecule has 2 rings (SSSR count). The quantitative estimate of drug-likeness (QED) is 0.742. The molecule has 3 N–H and O–H groups in total. The molecule has 0 aromatic carbocycles. The second-order valence-electron chi connectivity index (χ2n) is 5.44. The molecule has 2 aromatic heterocycles. The van der Waals surface area contributed by atoms with Crippen molar-refractivity contribution in [1.29, 1.82) is 0 Å². The summed E-state index contributed by atoms with van der Waals surface area (Å²) in [6, 6.07) is -0.309. The first-order valence-corrected chi connectivity index (χ1v) is 8.81. The Labute approximate surface area is 144 Å². The van der Waals surface area contributed by atoms with Crippen LogP contribution in [0.15, 0.2) is 4.79 Å². The molecule has 0 atom stereocenters. The molecule has 24 heavy (non-hydrogen) atoms. The van der Waals surface area contributed by atoms with E-state index in [4.69, 9.17) is 0 Å². The van der Waals surface area contributed by atoms with Gasteiger partial charge >= 0.3 is 6.03 Å². The number of hydrogen-bond acceptors (Lipinski definition) is 5. The summed E-state index contributed by atoms with van der Waals surface area (Å²) in [5.74, 6) is 0. The molecular weight excluding hydrogens is 326 g/mol. The van der Waals surface area contributed by atoms with E-state index in [0.717, 1.165) is 33.3 Å². The van der Waals surface area contributed by atoms with E-state index in [1.165, 1.54) is 0 Å². The largest absolute Gasteiger partial charge is 0.334 e. The summed E-state index contributed by atoms with van der Waals surface area (Å²) in [5.41, 5.74) is 3.03. The molecule has 0 aliphatic heterocycles. The summed E-state index contributed by atoms with van der Waals surface area (Å²) in [7, 11) is 0. The highest BCUT2D eigenvalue weighted by molar-refractivity contribution is 7.11. The number of urea groups is 1. The summed E-state index contributed by atoms with van der Waals surface area (Å²) in [6.45, 7) is 8.44. The van der Waals surface area contributed by atoms with Crippen molar-refractivity contribution >= 4 is 17.4 Å². The van der Waals surface area contributed by atoms with Crippen LogP contribution in [0.25, 0.3) is 0 Å². The van der Waals surface area contributed by atoms with Crippen LogP contribution >= 0.6 is 11.3 Å². The lowest BCUT2D eigenvalue weighted by Crippen LogP contribution is -2.36. The Balaban J connectivity index is 1.99. The zero-order valence-corrected chi connectivity index (χ0v) is 15.3. The summed E-state index contributed by atoms with van der Waals surface area (Å²) in [6.07, 6.45) is 1.45. The maximum absolute atomic E-state index is 12.0. The van der Waals surface area contributed by atoms with Gasteiger partial charge in [0.15, 0.2) is 0 Å². The first-order valence-electron chi connectivity index (χ1n) is 8.00. The molecule has 7 nitrogen and oxygen atoms in total. The first kappa shape index (κ1) is 18.1. The van der Waals surface area contributed by atoms with Crippen LogP contribution < -0.4 is 16.2 Å². The molecule has 0 unspecified atom stereocenters. The van der Waals surface area contributed by atoms with Gasteiger partial charge in [0, 0.05) is 10.4 Å². The van der Waals surface area contributed by atoms with Crippen LogP contribution in [0.3, 0.4) is 0 Å². The number of hydrogen-bond donors (Lipinski definition) is 3. The van der Waals surface area contributed by atoms with E-state index in [1.807, 2.05) is 27.7 Å². The molecule has 2 amide bonds. The summed E-state index contributed by atoms with van der Waals surface area (Å²) >= 11 is 1.57. The van der Waals surface area contributed by atoms with Crippen LogP contribution in [0.4, 0.5) is 4.79 Å². The number of H-pyrrole nitrogens is 1.